The zero-order valence-corrected chi connectivity index (χ0v) is 16.6. The summed E-state index contributed by atoms with van der Waals surface area (Å²) < 4.78 is 0. The summed E-state index contributed by atoms with van der Waals surface area (Å²) >= 11 is 0. The first-order valence-corrected chi connectivity index (χ1v) is 9.83. The zero-order chi connectivity index (χ0) is 18.7. The van der Waals surface area contributed by atoms with Crippen LogP contribution in [0.2, 0.25) is 0 Å². The Kier molecular flexibility index (Phi) is 5.50. The number of amides is 1. The maximum absolute atomic E-state index is 12.3. The number of carbonyl (C=O) groups is 1. The fourth-order valence-corrected chi connectivity index (χ4v) is 3.69. The predicted octanol–water partition coefficient (Wildman–Crippen LogP) is 5.28. The molecule has 0 spiro atoms. The molecule has 1 N–H and O–H groups in total. The molecule has 2 heteroatoms. The fourth-order valence-electron chi connectivity index (χ4n) is 3.69. The summed E-state index contributed by atoms with van der Waals surface area (Å²) in [7, 11) is 0. The van der Waals surface area contributed by atoms with Crippen molar-refractivity contribution in [2.24, 2.45) is 0 Å². The summed E-state index contributed by atoms with van der Waals surface area (Å²) in [5.41, 5.74) is 6.87. The molecule has 0 radical (unpaired) electrons. The van der Waals surface area contributed by atoms with Gasteiger partial charge in [-0.2, -0.15) is 0 Å². The molecule has 2 nitrogen and oxygen atoms in total. The van der Waals surface area contributed by atoms with Crippen LogP contribution in [0.4, 0.5) is 0 Å². The minimum atomic E-state index is 0.0664. The molecule has 3 rings (SSSR count). The van der Waals surface area contributed by atoms with Gasteiger partial charge in [-0.3, -0.25) is 4.79 Å². The number of benzene rings is 2. The van der Waals surface area contributed by atoms with Gasteiger partial charge in [-0.15, -0.1) is 0 Å². The number of nitrogens with one attached hydrogen (secondary N) is 1. The van der Waals surface area contributed by atoms with E-state index in [1.54, 1.807) is 0 Å². The van der Waals surface area contributed by atoms with Gasteiger partial charge in [-0.25, -0.2) is 0 Å². The van der Waals surface area contributed by atoms with Crippen LogP contribution in [0.15, 0.2) is 42.5 Å². The average Bonchev–Trinajstić information content (AvgIpc) is 3.07. The Balaban J connectivity index is 1.52. The van der Waals surface area contributed by atoms with E-state index < -0.39 is 0 Å². The second kappa shape index (κ2) is 7.65. The number of hydrogen-bond donors (Lipinski definition) is 1. The van der Waals surface area contributed by atoms with Gasteiger partial charge in [-0.1, -0.05) is 63.2 Å². The molecule has 1 aliphatic rings. The molecule has 1 amide bonds. The lowest BCUT2D eigenvalue weighted by atomic mass is 9.86. The van der Waals surface area contributed by atoms with Gasteiger partial charge in [0.2, 0.25) is 5.91 Å². The minimum absolute atomic E-state index is 0.0664. The van der Waals surface area contributed by atoms with Crippen LogP contribution >= 0.6 is 0 Å². The van der Waals surface area contributed by atoms with E-state index in [0.717, 1.165) is 6.42 Å². The van der Waals surface area contributed by atoms with Crippen molar-refractivity contribution in [3.05, 3.63) is 70.3 Å². The van der Waals surface area contributed by atoms with Crippen LogP contribution in [0.5, 0.6) is 0 Å². The standard InChI is InChI=1S/C24H31NO/c1-17(20-12-11-19-6-5-7-21(19)16-20)25-23(26)15-10-18-8-13-22(14-9-18)24(2,3)4/h8-9,11-14,16-17H,5-7,10,15H2,1-4H3,(H,25,26)/t17-/m1/s1. The molecule has 0 fully saturated rings. The van der Waals surface area contributed by atoms with Crippen LogP contribution in [-0.2, 0) is 29.5 Å². The van der Waals surface area contributed by atoms with Gasteiger partial charge in [0.05, 0.1) is 6.04 Å². The van der Waals surface area contributed by atoms with E-state index in [2.05, 4.69) is 75.5 Å². The first kappa shape index (κ1) is 18.7. The molecule has 26 heavy (non-hydrogen) atoms. The number of aryl methyl sites for hydroxylation is 3. The van der Waals surface area contributed by atoms with Crippen molar-refractivity contribution in [2.45, 2.75) is 71.3 Å². The molecule has 1 atom stereocenters. The number of carbonyl (C=O) groups excluding carboxylic acids is 1. The van der Waals surface area contributed by atoms with Gasteiger partial charge in [0, 0.05) is 6.42 Å². The van der Waals surface area contributed by atoms with Crippen LogP contribution in [0.25, 0.3) is 0 Å². The first-order chi connectivity index (χ1) is 12.3. The number of rotatable bonds is 5. The highest BCUT2D eigenvalue weighted by molar-refractivity contribution is 5.76. The topological polar surface area (TPSA) is 29.1 Å². The molecule has 0 saturated carbocycles. The van der Waals surface area contributed by atoms with Gasteiger partial charge >= 0.3 is 0 Å². The van der Waals surface area contributed by atoms with Gasteiger partial charge in [0.1, 0.15) is 0 Å². The molecular formula is C24H31NO. The van der Waals surface area contributed by atoms with Crippen molar-refractivity contribution >= 4 is 5.91 Å². The van der Waals surface area contributed by atoms with Gasteiger partial charge in [-0.05, 0) is 65.8 Å². The molecule has 2 aromatic carbocycles. The van der Waals surface area contributed by atoms with Crippen LogP contribution < -0.4 is 5.32 Å². The second-order valence-corrected chi connectivity index (χ2v) is 8.62. The quantitative estimate of drug-likeness (QED) is 0.781. The Bertz CT molecular complexity index is 768. The molecule has 0 saturated heterocycles. The van der Waals surface area contributed by atoms with E-state index >= 15 is 0 Å². The Hall–Kier alpha value is -2.09. The minimum Gasteiger partial charge on any atom is -0.350 e. The number of hydrogen-bond acceptors (Lipinski definition) is 1. The van der Waals surface area contributed by atoms with Crippen LogP contribution in [0.1, 0.15) is 74.4 Å². The lowest BCUT2D eigenvalue weighted by molar-refractivity contribution is -0.121. The summed E-state index contributed by atoms with van der Waals surface area (Å²) in [6.45, 7) is 8.73. The van der Waals surface area contributed by atoms with Crippen molar-refractivity contribution in [3.63, 3.8) is 0 Å². The van der Waals surface area contributed by atoms with Crippen molar-refractivity contribution in [3.8, 4) is 0 Å². The van der Waals surface area contributed by atoms with E-state index in [1.807, 2.05) is 0 Å². The largest absolute Gasteiger partial charge is 0.350 e. The molecular weight excluding hydrogens is 318 g/mol. The summed E-state index contributed by atoms with van der Waals surface area (Å²) in [5.74, 6) is 0.123. The second-order valence-electron chi connectivity index (χ2n) is 8.62. The molecule has 0 aliphatic heterocycles. The lowest BCUT2D eigenvalue weighted by Gasteiger charge is -2.19. The van der Waals surface area contributed by atoms with Crippen molar-refractivity contribution < 1.29 is 4.79 Å². The smallest absolute Gasteiger partial charge is 0.220 e. The van der Waals surface area contributed by atoms with Crippen LogP contribution in [0.3, 0.4) is 0 Å². The molecule has 0 heterocycles. The van der Waals surface area contributed by atoms with Gasteiger partial charge in [0.15, 0.2) is 0 Å². The predicted molar refractivity (Wildman–Crippen MR) is 108 cm³/mol. The summed E-state index contributed by atoms with van der Waals surface area (Å²) in [4.78, 5) is 12.3. The Labute approximate surface area is 158 Å². The SMILES string of the molecule is C[C@@H](NC(=O)CCc1ccc(C(C)(C)C)cc1)c1ccc2c(c1)CCC2. The zero-order valence-electron chi connectivity index (χ0n) is 16.6. The normalized spacial score (nSPS) is 14.8. The summed E-state index contributed by atoms with van der Waals surface area (Å²) in [6, 6.07) is 15.4. The van der Waals surface area contributed by atoms with Crippen molar-refractivity contribution in [1.82, 2.24) is 5.32 Å². The van der Waals surface area contributed by atoms with Gasteiger partial charge in [0.25, 0.3) is 0 Å². The maximum atomic E-state index is 12.3. The van der Waals surface area contributed by atoms with Crippen molar-refractivity contribution in [2.75, 3.05) is 0 Å². The van der Waals surface area contributed by atoms with E-state index in [9.17, 15) is 4.79 Å². The highest BCUT2D eigenvalue weighted by Crippen LogP contribution is 2.25. The summed E-state index contributed by atoms with van der Waals surface area (Å²) in [5, 5.41) is 3.15. The monoisotopic (exact) mass is 349 g/mol. The number of fused-ring (bicyclic) bond motifs is 1. The third-order valence-electron chi connectivity index (χ3n) is 5.46. The van der Waals surface area contributed by atoms with E-state index in [-0.39, 0.29) is 17.4 Å². The molecule has 0 unspecified atom stereocenters. The highest BCUT2D eigenvalue weighted by atomic mass is 16.1. The third-order valence-corrected chi connectivity index (χ3v) is 5.46. The Morgan fingerprint density at radius 1 is 1.04 bits per heavy atom. The maximum Gasteiger partial charge on any atom is 0.220 e. The van der Waals surface area contributed by atoms with E-state index in [0.29, 0.717) is 6.42 Å². The fraction of sp³-hybridized carbons (Fsp3) is 0.458. The molecule has 138 valence electrons. The van der Waals surface area contributed by atoms with Crippen LogP contribution in [-0.4, -0.2) is 5.91 Å². The lowest BCUT2D eigenvalue weighted by Crippen LogP contribution is -2.26. The molecule has 0 bridgehead atoms. The highest BCUT2D eigenvalue weighted by Gasteiger charge is 2.15. The van der Waals surface area contributed by atoms with E-state index in [4.69, 9.17) is 0 Å². The first-order valence-electron chi connectivity index (χ1n) is 9.83. The molecule has 1 aliphatic carbocycles. The molecule has 0 aromatic heterocycles. The Morgan fingerprint density at radius 2 is 1.73 bits per heavy atom. The van der Waals surface area contributed by atoms with Gasteiger partial charge < -0.3 is 5.32 Å². The van der Waals surface area contributed by atoms with Crippen LogP contribution in [0, 0.1) is 0 Å². The average molecular weight is 350 g/mol. The van der Waals surface area contributed by atoms with Crippen molar-refractivity contribution in [1.29, 1.82) is 0 Å². The summed E-state index contributed by atoms with van der Waals surface area (Å²) in [6.07, 6.45) is 4.95. The molecule has 2 aromatic rings. The Morgan fingerprint density at radius 3 is 2.42 bits per heavy atom. The third kappa shape index (κ3) is 4.55. The van der Waals surface area contributed by atoms with E-state index in [1.165, 1.54) is 47.1 Å².